The van der Waals surface area contributed by atoms with Crippen molar-refractivity contribution in [1.82, 2.24) is 19.3 Å². The monoisotopic (exact) mass is 486 g/mol. The minimum Gasteiger partial charge on any atom is -0.364 e. The second-order valence-electron chi connectivity index (χ2n) is 7.99. The molecule has 0 amide bonds. The summed E-state index contributed by atoms with van der Waals surface area (Å²) < 4.78 is 28.3. The number of nitriles is 1. The fourth-order valence-corrected chi connectivity index (χ4v) is 5.90. The van der Waals surface area contributed by atoms with Gasteiger partial charge in [0.2, 0.25) is 10.0 Å². The molecule has 10 heteroatoms. The number of H-pyrrole nitrogens is 1. The average molecular weight is 487 g/mol. The molecule has 1 atom stereocenters. The van der Waals surface area contributed by atoms with Crippen molar-refractivity contribution >= 4 is 28.1 Å². The zero-order chi connectivity index (χ0) is 22.6. The zero-order valence-electron chi connectivity index (χ0n) is 18.4. The van der Waals surface area contributed by atoms with E-state index in [1.807, 2.05) is 25.1 Å². The molecule has 1 aliphatic rings. The highest BCUT2D eigenvalue weighted by Crippen LogP contribution is 2.32. The number of aromatic nitrogens is 3. The molecule has 4 rings (SSSR count). The molecule has 0 fully saturated rings. The van der Waals surface area contributed by atoms with Gasteiger partial charge in [0.15, 0.2) is 0 Å². The van der Waals surface area contributed by atoms with E-state index in [-0.39, 0.29) is 30.7 Å². The van der Waals surface area contributed by atoms with Crippen LogP contribution in [0, 0.1) is 11.3 Å². The largest absolute Gasteiger partial charge is 0.364 e. The number of sulfonamides is 1. The third-order valence-corrected chi connectivity index (χ3v) is 7.71. The van der Waals surface area contributed by atoms with Crippen LogP contribution in [0.5, 0.6) is 0 Å². The molecule has 33 heavy (non-hydrogen) atoms. The quantitative estimate of drug-likeness (QED) is 0.549. The summed E-state index contributed by atoms with van der Waals surface area (Å²) in [5, 5.41) is 9.42. The summed E-state index contributed by atoms with van der Waals surface area (Å²) in [5.74, 6) is 0.0877. The topological polar surface area (TPSA) is 106 Å². The molecule has 0 spiro atoms. The van der Waals surface area contributed by atoms with E-state index in [9.17, 15) is 13.7 Å². The van der Waals surface area contributed by atoms with Crippen molar-refractivity contribution in [1.29, 1.82) is 5.26 Å². The molecular formula is C23H27ClN6O2S. The molecule has 0 radical (unpaired) electrons. The number of benzene rings is 1. The van der Waals surface area contributed by atoms with Gasteiger partial charge in [0.25, 0.3) is 0 Å². The molecule has 2 aromatic heterocycles. The molecule has 0 saturated heterocycles. The maximum atomic E-state index is 13.3. The van der Waals surface area contributed by atoms with Gasteiger partial charge in [-0.1, -0.05) is 13.0 Å². The minimum atomic E-state index is -3.49. The van der Waals surface area contributed by atoms with Crippen LogP contribution in [0.2, 0.25) is 0 Å². The Morgan fingerprint density at radius 1 is 1.24 bits per heavy atom. The molecule has 1 aromatic carbocycles. The number of aromatic amines is 1. The van der Waals surface area contributed by atoms with Gasteiger partial charge in [-0.25, -0.2) is 13.4 Å². The highest BCUT2D eigenvalue weighted by molar-refractivity contribution is 7.89. The van der Waals surface area contributed by atoms with Crippen molar-refractivity contribution in [2.45, 2.75) is 38.9 Å². The first-order valence-electron chi connectivity index (χ1n) is 10.6. The first kappa shape index (κ1) is 24.7. The fourth-order valence-electron chi connectivity index (χ4n) is 4.22. The number of rotatable bonds is 7. The van der Waals surface area contributed by atoms with Gasteiger partial charge in [-0.3, -0.25) is 4.98 Å². The lowest BCUT2D eigenvalue weighted by Crippen LogP contribution is -2.46. The van der Waals surface area contributed by atoms with Crippen LogP contribution >= 0.6 is 12.4 Å². The molecule has 1 aliphatic heterocycles. The lowest BCUT2D eigenvalue weighted by molar-refractivity contribution is 0.317. The van der Waals surface area contributed by atoms with Gasteiger partial charge in [0.05, 0.1) is 36.0 Å². The van der Waals surface area contributed by atoms with Crippen LogP contribution in [0.3, 0.4) is 0 Å². The van der Waals surface area contributed by atoms with Gasteiger partial charge in [-0.2, -0.15) is 9.57 Å². The van der Waals surface area contributed by atoms with E-state index in [1.165, 1.54) is 0 Å². The number of imidazole rings is 1. The number of hydrogen-bond acceptors (Lipinski definition) is 6. The number of nitrogens with zero attached hydrogens (tertiary/aromatic N) is 5. The van der Waals surface area contributed by atoms with Crippen LogP contribution in [0.25, 0.3) is 0 Å². The van der Waals surface area contributed by atoms with E-state index in [2.05, 4.69) is 25.9 Å². The molecule has 0 unspecified atom stereocenters. The second-order valence-corrected chi connectivity index (χ2v) is 10.0. The van der Waals surface area contributed by atoms with Crippen molar-refractivity contribution in [2.75, 3.05) is 17.2 Å². The van der Waals surface area contributed by atoms with Gasteiger partial charge in [-0.15, -0.1) is 12.4 Å². The van der Waals surface area contributed by atoms with Crippen LogP contribution in [0.15, 0.2) is 55.2 Å². The third kappa shape index (κ3) is 5.71. The smallest absolute Gasteiger partial charge is 0.214 e. The summed E-state index contributed by atoms with van der Waals surface area (Å²) in [4.78, 5) is 13.6. The van der Waals surface area contributed by atoms with Crippen molar-refractivity contribution in [3.05, 3.63) is 77.6 Å². The van der Waals surface area contributed by atoms with Crippen LogP contribution < -0.4 is 4.90 Å². The predicted molar refractivity (Wildman–Crippen MR) is 129 cm³/mol. The summed E-state index contributed by atoms with van der Waals surface area (Å²) in [7, 11) is -3.49. The van der Waals surface area contributed by atoms with Crippen molar-refractivity contribution in [2.24, 2.45) is 0 Å². The highest BCUT2D eigenvalue weighted by atomic mass is 35.5. The Hall–Kier alpha value is -2.93. The molecule has 174 valence electrons. The Labute approximate surface area is 200 Å². The average Bonchev–Trinajstić information content (AvgIpc) is 3.24. The van der Waals surface area contributed by atoms with Crippen molar-refractivity contribution < 1.29 is 8.42 Å². The van der Waals surface area contributed by atoms with Gasteiger partial charge in [0, 0.05) is 43.4 Å². The third-order valence-electron chi connectivity index (χ3n) is 5.64. The van der Waals surface area contributed by atoms with E-state index in [0.717, 1.165) is 22.5 Å². The summed E-state index contributed by atoms with van der Waals surface area (Å²) in [5.41, 5.74) is 4.20. The molecule has 0 aliphatic carbocycles. The molecule has 0 bridgehead atoms. The van der Waals surface area contributed by atoms with Gasteiger partial charge >= 0.3 is 0 Å². The Morgan fingerprint density at radius 2 is 2.09 bits per heavy atom. The lowest BCUT2D eigenvalue weighted by atomic mass is 10.1. The number of anilines is 1. The summed E-state index contributed by atoms with van der Waals surface area (Å²) in [6.45, 7) is 3.18. The fraction of sp³-hybridized carbons (Fsp3) is 0.348. The van der Waals surface area contributed by atoms with Crippen LogP contribution in [-0.2, 0) is 29.5 Å². The number of fused-ring (bicyclic) bond motifs is 1. The Bertz CT molecular complexity index is 1200. The maximum absolute atomic E-state index is 13.3. The molecule has 1 N–H and O–H groups in total. The summed E-state index contributed by atoms with van der Waals surface area (Å²) in [6, 6.07) is 11.2. The van der Waals surface area contributed by atoms with Gasteiger partial charge in [0.1, 0.15) is 0 Å². The second kappa shape index (κ2) is 10.8. The van der Waals surface area contributed by atoms with E-state index >= 15 is 0 Å². The molecule has 0 saturated carbocycles. The number of halogens is 1. The summed E-state index contributed by atoms with van der Waals surface area (Å²) in [6.07, 6.45) is 8.01. The van der Waals surface area contributed by atoms with Crippen molar-refractivity contribution in [3.8, 4) is 6.07 Å². The van der Waals surface area contributed by atoms with Crippen LogP contribution in [0.4, 0.5) is 5.69 Å². The SMILES string of the molecule is CCCS(=O)(=O)N1Cc2cc(C#N)ccc2N(Cc2cnc[nH]2)C[C@H]1Cc1cccnc1.Cl. The zero-order valence-corrected chi connectivity index (χ0v) is 20.0. The Kier molecular flexibility index (Phi) is 8.08. The number of pyridine rings is 1. The predicted octanol–water partition coefficient (Wildman–Crippen LogP) is 3.27. The first-order valence-corrected chi connectivity index (χ1v) is 12.2. The molecule has 8 nitrogen and oxygen atoms in total. The standard InChI is InChI=1S/C23H26N6O2S.ClH/c1-2-8-32(30,31)29-14-20-9-18(11-24)5-6-23(20)28(15-21-13-26-17-27-21)16-22(29)10-19-4-3-7-25-12-19;/h3-7,9,12-13,17,22H,2,8,10,14-16H2,1H3,(H,26,27);1H/t22-;/m1./s1. The number of nitrogens with one attached hydrogen (secondary N) is 1. The van der Waals surface area contributed by atoms with E-state index in [0.29, 0.717) is 31.5 Å². The normalized spacial score (nSPS) is 16.4. The summed E-state index contributed by atoms with van der Waals surface area (Å²) >= 11 is 0. The molecule has 3 heterocycles. The first-order chi connectivity index (χ1) is 15.5. The van der Waals surface area contributed by atoms with E-state index in [1.54, 1.807) is 41.4 Å². The number of hydrogen-bond donors (Lipinski definition) is 1. The van der Waals surface area contributed by atoms with E-state index in [4.69, 9.17) is 0 Å². The minimum absolute atomic E-state index is 0. The highest BCUT2D eigenvalue weighted by Gasteiger charge is 2.35. The van der Waals surface area contributed by atoms with Gasteiger partial charge in [-0.05, 0) is 48.2 Å². The lowest BCUT2D eigenvalue weighted by Gasteiger charge is -2.32. The molecular weight excluding hydrogens is 460 g/mol. The van der Waals surface area contributed by atoms with Crippen LogP contribution in [0.1, 0.15) is 35.7 Å². The molecule has 3 aromatic rings. The van der Waals surface area contributed by atoms with Crippen LogP contribution in [-0.4, -0.2) is 46.0 Å². The van der Waals surface area contributed by atoms with E-state index < -0.39 is 10.0 Å². The Balaban J connectivity index is 0.00000306. The Morgan fingerprint density at radius 3 is 2.76 bits per heavy atom. The maximum Gasteiger partial charge on any atom is 0.214 e. The van der Waals surface area contributed by atoms with Crippen molar-refractivity contribution in [3.63, 3.8) is 0 Å². The van der Waals surface area contributed by atoms with Gasteiger partial charge < -0.3 is 9.88 Å².